The topological polar surface area (TPSA) is 86.3 Å². The molecule has 0 radical (unpaired) electrons. The molecule has 1 aliphatic heterocycles. The van der Waals surface area contributed by atoms with Crippen LogP contribution in [0.5, 0.6) is 0 Å². The second-order valence-electron chi connectivity index (χ2n) is 7.97. The number of nitrogens with two attached hydrogens (primary N) is 1. The molecule has 2 aromatic heterocycles. The SMILES string of the molecule is CC(C)(C)OC(=O)N1CC(n2cc(-c3ccc(N)cc3)c3c(Cl)ncnc32)C1. The highest BCUT2D eigenvalue weighted by molar-refractivity contribution is 6.35. The van der Waals surface area contributed by atoms with E-state index in [0.29, 0.717) is 23.9 Å². The molecule has 0 spiro atoms. The quantitative estimate of drug-likeness (QED) is 0.517. The summed E-state index contributed by atoms with van der Waals surface area (Å²) in [5, 5.41) is 1.20. The molecule has 0 unspecified atom stereocenters. The summed E-state index contributed by atoms with van der Waals surface area (Å²) >= 11 is 6.40. The molecule has 2 N–H and O–H groups in total. The number of anilines is 1. The molecule has 0 atom stereocenters. The Kier molecular flexibility index (Phi) is 4.42. The molecule has 1 aliphatic rings. The van der Waals surface area contributed by atoms with Crippen LogP contribution in [0.2, 0.25) is 5.15 Å². The Morgan fingerprint density at radius 2 is 1.89 bits per heavy atom. The van der Waals surface area contributed by atoms with E-state index in [2.05, 4.69) is 14.5 Å². The van der Waals surface area contributed by atoms with Crippen LogP contribution in [0, 0.1) is 0 Å². The first-order chi connectivity index (χ1) is 13.2. The lowest BCUT2D eigenvalue weighted by Crippen LogP contribution is -2.52. The number of benzene rings is 1. The summed E-state index contributed by atoms with van der Waals surface area (Å²) < 4.78 is 7.50. The summed E-state index contributed by atoms with van der Waals surface area (Å²) in [5.41, 5.74) is 8.68. The van der Waals surface area contributed by atoms with Crippen LogP contribution in [0.4, 0.5) is 10.5 Å². The van der Waals surface area contributed by atoms with Gasteiger partial charge in [0, 0.05) is 30.5 Å². The maximum atomic E-state index is 12.2. The first kappa shape index (κ1) is 18.6. The van der Waals surface area contributed by atoms with Crippen LogP contribution in [-0.4, -0.2) is 44.2 Å². The highest BCUT2D eigenvalue weighted by Gasteiger charge is 2.36. The molecule has 7 nitrogen and oxygen atoms in total. The van der Waals surface area contributed by atoms with Gasteiger partial charge in [-0.2, -0.15) is 0 Å². The van der Waals surface area contributed by atoms with Gasteiger partial charge >= 0.3 is 6.09 Å². The Morgan fingerprint density at radius 1 is 1.21 bits per heavy atom. The molecule has 4 rings (SSSR count). The summed E-state index contributed by atoms with van der Waals surface area (Å²) in [4.78, 5) is 22.5. The zero-order valence-electron chi connectivity index (χ0n) is 16.0. The molecule has 1 saturated heterocycles. The predicted octanol–water partition coefficient (Wildman–Crippen LogP) is 4.13. The highest BCUT2D eigenvalue weighted by Crippen LogP contribution is 2.37. The standard InChI is InChI=1S/C20H22ClN5O2/c1-20(2,3)28-19(27)25-8-14(9-25)26-10-15(12-4-6-13(22)7-5-12)16-17(21)23-11-24-18(16)26/h4-7,10-11,14H,8-9,22H2,1-3H3. The molecule has 0 bridgehead atoms. The molecule has 28 heavy (non-hydrogen) atoms. The van der Waals surface area contributed by atoms with Gasteiger partial charge in [-0.1, -0.05) is 23.7 Å². The van der Waals surface area contributed by atoms with Gasteiger partial charge in [0.2, 0.25) is 0 Å². The van der Waals surface area contributed by atoms with Crippen LogP contribution in [-0.2, 0) is 4.74 Å². The molecule has 1 aromatic carbocycles. The molecule has 0 aliphatic carbocycles. The van der Waals surface area contributed by atoms with E-state index < -0.39 is 5.60 Å². The van der Waals surface area contributed by atoms with E-state index in [1.807, 2.05) is 51.2 Å². The third kappa shape index (κ3) is 3.38. The van der Waals surface area contributed by atoms with Crippen LogP contribution in [0.1, 0.15) is 26.8 Å². The number of carbonyl (C=O) groups is 1. The number of amides is 1. The number of fused-ring (bicyclic) bond motifs is 1. The number of carbonyl (C=O) groups excluding carboxylic acids is 1. The van der Waals surface area contributed by atoms with Gasteiger partial charge in [0.15, 0.2) is 0 Å². The molecule has 1 fully saturated rings. The van der Waals surface area contributed by atoms with Crippen LogP contribution < -0.4 is 5.73 Å². The Bertz CT molecular complexity index is 1030. The minimum absolute atomic E-state index is 0.100. The molecular formula is C20H22ClN5O2. The van der Waals surface area contributed by atoms with E-state index in [1.165, 1.54) is 6.33 Å². The minimum Gasteiger partial charge on any atom is -0.444 e. The fourth-order valence-corrected chi connectivity index (χ4v) is 3.54. The van der Waals surface area contributed by atoms with Gasteiger partial charge in [0.1, 0.15) is 22.7 Å². The number of hydrogen-bond donors (Lipinski definition) is 1. The van der Waals surface area contributed by atoms with Gasteiger partial charge in [-0.3, -0.25) is 0 Å². The second kappa shape index (κ2) is 6.67. The first-order valence-electron chi connectivity index (χ1n) is 9.08. The smallest absolute Gasteiger partial charge is 0.410 e. The van der Waals surface area contributed by atoms with Gasteiger partial charge in [-0.25, -0.2) is 14.8 Å². The third-order valence-corrected chi connectivity index (χ3v) is 4.98. The number of rotatable bonds is 2. The largest absolute Gasteiger partial charge is 0.444 e. The molecule has 3 heterocycles. The fraction of sp³-hybridized carbons (Fsp3) is 0.350. The van der Waals surface area contributed by atoms with E-state index in [-0.39, 0.29) is 12.1 Å². The number of hydrogen-bond acceptors (Lipinski definition) is 5. The van der Waals surface area contributed by atoms with Crippen LogP contribution in [0.15, 0.2) is 36.8 Å². The molecule has 0 saturated carbocycles. The molecule has 3 aromatic rings. The Hall–Kier alpha value is -2.80. The Balaban J connectivity index is 1.65. The maximum absolute atomic E-state index is 12.2. The van der Waals surface area contributed by atoms with Gasteiger partial charge in [0.05, 0.1) is 11.4 Å². The zero-order chi connectivity index (χ0) is 20.1. The summed E-state index contributed by atoms with van der Waals surface area (Å²) in [5.74, 6) is 0. The zero-order valence-corrected chi connectivity index (χ0v) is 16.8. The number of likely N-dealkylation sites (tertiary alicyclic amines) is 1. The monoisotopic (exact) mass is 399 g/mol. The van der Waals surface area contributed by atoms with Crippen LogP contribution >= 0.6 is 11.6 Å². The molecule has 1 amide bonds. The van der Waals surface area contributed by atoms with E-state index in [4.69, 9.17) is 22.1 Å². The van der Waals surface area contributed by atoms with Crippen molar-refractivity contribution < 1.29 is 9.53 Å². The predicted molar refractivity (Wildman–Crippen MR) is 109 cm³/mol. The summed E-state index contributed by atoms with van der Waals surface area (Å²) in [6.07, 6.45) is 3.18. The van der Waals surface area contributed by atoms with E-state index in [9.17, 15) is 4.79 Å². The summed E-state index contributed by atoms with van der Waals surface area (Å²) in [6, 6.07) is 7.70. The summed E-state index contributed by atoms with van der Waals surface area (Å²) in [7, 11) is 0. The van der Waals surface area contributed by atoms with Crippen molar-refractivity contribution in [3.8, 4) is 11.1 Å². The van der Waals surface area contributed by atoms with E-state index >= 15 is 0 Å². The van der Waals surface area contributed by atoms with Crippen molar-refractivity contribution in [2.24, 2.45) is 0 Å². The Morgan fingerprint density at radius 3 is 2.54 bits per heavy atom. The van der Waals surface area contributed by atoms with Crippen molar-refractivity contribution in [1.82, 2.24) is 19.4 Å². The molecular weight excluding hydrogens is 378 g/mol. The second-order valence-corrected chi connectivity index (χ2v) is 8.33. The van der Waals surface area contributed by atoms with Crippen LogP contribution in [0.25, 0.3) is 22.2 Å². The average molecular weight is 400 g/mol. The molecule has 8 heteroatoms. The first-order valence-corrected chi connectivity index (χ1v) is 9.45. The Labute approximate surface area is 168 Å². The average Bonchev–Trinajstić information content (AvgIpc) is 2.93. The lowest BCUT2D eigenvalue weighted by atomic mass is 10.1. The number of ether oxygens (including phenoxy) is 1. The number of nitrogens with zero attached hydrogens (tertiary/aromatic N) is 4. The molecule has 146 valence electrons. The lowest BCUT2D eigenvalue weighted by Gasteiger charge is -2.40. The lowest BCUT2D eigenvalue weighted by molar-refractivity contribution is 0.00152. The van der Waals surface area contributed by atoms with Crippen molar-refractivity contribution in [2.45, 2.75) is 32.4 Å². The number of aromatic nitrogens is 3. The third-order valence-electron chi connectivity index (χ3n) is 4.69. The number of halogens is 1. The minimum atomic E-state index is -0.509. The summed E-state index contributed by atoms with van der Waals surface area (Å²) in [6.45, 7) is 6.70. The van der Waals surface area contributed by atoms with Gasteiger partial charge in [-0.05, 0) is 38.5 Å². The van der Waals surface area contributed by atoms with Crippen molar-refractivity contribution in [3.63, 3.8) is 0 Å². The normalized spacial score (nSPS) is 14.9. The van der Waals surface area contributed by atoms with Gasteiger partial charge in [0.25, 0.3) is 0 Å². The highest BCUT2D eigenvalue weighted by atomic mass is 35.5. The fourth-order valence-electron chi connectivity index (χ4n) is 3.31. The van der Waals surface area contributed by atoms with Crippen molar-refractivity contribution in [3.05, 3.63) is 41.9 Å². The van der Waals surface area contributed by atoms with E-state index in [1.54, 1.807) is 4.90 Å². The van der Waals surface area contributed by atoms with Crippen molar-refractivity contribution in [2.75, 3.05) is 18.8 Å². The van der Waals surface area contributed by atoms with Crippen molar-refractivity contribution >= 4 is 34.4 Å². The van der Waals surface area contributed by atoms with Gasteiger partial charge in [-0.15, -0.1) is 0 Å². The number of nitrogen functional groups attached to an aromatic ring is 1. The van der Waals surface area contributed by atoms with Crippen LogP contribution in [0.3, 0.4) is 0 Å². The maximum Gasteiger partial charge on any atom is 0.410 e. The van der Waals surface area contributed by atoms with Gasteiger partial charge < -0.3 is 19.9 Å². The van der Waals surface area contributed by atoms with Crippen molar-refractivity contribution in [1.29, 1.82) is 0 Å². The van der Waals surface area contributed by atoms with E-state index in [0.717, 1.165) is 22.2 Å².